The van der Waals surface area contributed by atoms with E-state index in [4.69, 9.17) is 9.47 Å². The molecule has 92 valence electrons. The van der Waals surface area contributed by atoms with E-state index in [1.54, 1.807) is 0 Å². The molecular formula is C14H18O3. The zero-order valence-electron chi connectivity index (χ0n) is 9.89. The number of hydrogen-bond donors (Lipinski definition) is 1. The molecular weight excluding hydrogens is 216 g/mol. The van der Waals surface area contributed by atoms with Crippen LogP contribution in [-0.2, 0) is 11.2 Å². The monoisotopic (exact) mass is 234 g/mol. The highest BCUT2D eigenvalue weighted by Gasteiger charge is 2.25. The largest absolute Gasteiger partial charge is 0.490 e. The van der Waals surface area contributed by atoms with Crippen LogP contribution in [0.2, 0.25) is 0 Å². The summed E-state index contributed by atoms with van der Waals surface area (Å²) in [5.41, 5.74) is 2.25. The molecule has 1 atom stereocenters. The highest BCUT2D eigenvalue weighted by Crippen LogP contribution is 2.37. The van der Waals surface area contributed by atoms with E-state index in [-0.39, 0.29) is 12.2 Å². The summed E-state index contributed by atoms with van der Waals surface area (Å²) in [5.74, 6) is 0.964. The van der Waals surface area contributed by atoms with Crippen molar-refractivity contribution in [2.75, 3.05) is 13.2 Å². The zero-order valence-corrected chi connectivity index (χ0v) is 9.89. The molecule has 1 unspecified atom stereocenters. The molecule has 1 N–H and O–H groups in total. The lowest BCUT2D eigenvalue weighted by molar-refractivity contribution is 0.0252. The Morgan fingerprint density at radius 3 is 2.82 bits per heavy atom. The molecule has 0 radical (unpaired) electrons. The molecule has 3 rings (SSSR count). The fourth-order valence-corrected chi connectivity index (χ4v) is 2.68. The molecule has 1 aromatic carbocycles. The van der Waals surface area contributed by atoms with Crippen molar-refractivity contribution in [3.05, 3.63) is 29.3 Å². The number of ether oxygens (including phenoxy) is 2. The van der Waals surface area contributed by atoms with Crippen molar-refractivity contribution in [1.29, 1.82) is 0 Å². The van der Waals surface area contributed by atoms with Gasteiger partial charge in [-0.05, 0) is 24.5 Å². The minimum atomic E-state index is -0.303. The van der Waals surface area contributed by atoms with Gasteiger partial charge in [-0.15, -0.1) is 0 Å². The topological polar surface area (TPSA) is 38.7 Å². The van der Waals surface area contributed by atoms with E-state index in [2.05, 4.69) is 0 Å². The molecule has 17 heavy (non-hydrogen) atoms. The van der Waals surface area contributed by atoms with E-state index < -0.39 is 0 Å². The molecule has 0 spiro atoms. The first kappa shape index (κ1) is 11.1. The van der Waals surface area contributed by atoms with Gasteiger partial charge in [-0.2, -0.15) is 0 Å². The van der Waals surface area contributed by atoms with E-state index in [1.165, 1.54) is 5.56 Å². The summed E-state index contributed by atoms with van der Waals surface area (Å²) in [5, 5.41) is 9.84. The molecule has 1 aromatic rings. The van der Waals surface area contributed by atoms with Gasteiger partial charge in [0.1, 0.15) is 11.9 Å². The van der Waals surface area contributed by atoms with Crippen molar-refractivity contribution in [3.8, 4) is 5.75 Å². The number of hydrogen-bond acceptors (Lipinski definition) is 3. The third-order valence-electron chi connectivity index (χ3n) is 3.66. The van der Waals surface area contributed by atoms with Crippen LogP contribution in [0.5, 0.6) is 5.75 Å². The Kier molecular flexibility index (Phi) is 3.04. The maximum atomic E-state index is 9.84. The quantitative estimate of drug-likeness (QED) is 0.852. The van der Waals surface area contributed by atoms with Crippen LogP contribution in [0.1, 0.15) is 36.5 Å². The highest BCUT2D eigenvalue weighted by molar-refractivity contribution is 5.44. The Morgan fingerprint density at radius 1 is 1.18 bits per heavy atom. The van der Waals surface area contributed by atoms with Crippen LogP contribution < -0.4 is 4.74 Å². The van der Waals surface area contributed by atoms with Gasteiger partial charge in [0, 0.05) is 18.4 Å². The van der Waals surface area contributed by atoms with Crippen LogP contribution >= 0.6 is 0 Å². The SMILES string of the molecule is OC1CCc2c(OC3CCOCC3)cccc21. The maximum Gasteiger partial charge on any atom is 0.123 e. The summed E-state index contributed by atoms with van der Waals surface area (Å²) in [4.78, 5) is 0. The molecule has 2 aliphatic rings. The van der Waals surface area contributed by atoms with Crippen molar-refractivity contribution >= 4 is 0 Å². The number of aliphatic hydroxyl groups excluding tert-OH is 1. The van der Waals surface area contributed by atoms with Crippen LogP contribution in [0.15, 0.2) is 18.2 Å². The van der Waals surface area contributed by atoms with E-state index in [1.807, 2.05) is 18.2 Å². The third kappa shape index (κ3) is 2.17. The van der Waals surface area contributed by atoms with Crippen molar-refractivity contribution in [1.82, 2.24) is 0 Å². The Bertz CT molecular complexity index is 396. The molecule has 0 amide bonds. The predicted octanol–water partition coefficient (Wildman–Crippen LogP) is 2.22. The molecule has 0 aromatic heterocycles. The van der Waals surface area contributed by atoms with Gasteiger partial charge < -0.3 is 14.6 Å². The van der Waals surface area contributed by atoms with Crippen molar-refractivity contribution in [2.24, 2.45) is 0 Å². The fourth-order valence-electron chi connectivity index (χ4n) is 2.68. The van der Waals surface area contributed by atoms with Gasteiger partial charge in [0.25, 0.3) is 0 Å². The van der Waals surface area contributed by atoms with Crippen LogP contribution in [0, 0.1) is 0 Å². The van der Waals surface area contributed by atoms with Crippen LogP contribution in [0.25, 0.3) is 0 Å². The summed E-state index contributed by atoms with van der Waals surface area (Å²) in [6, 6.07) is 6.00. The van der Waals surface area contributed by atoms with Crippen molar-refractivity contribution in [2.45, 2.75) is 37.9 Å². The summed E-state index contributed by atoms with van der Waals surface area (Å²) in [6.45, 7) is 1.59. The Labute approximate surface area is 101 Å². The first-order valence-electron chi connectivity index (χ1n) is 6.39. The first-order chi connectivity index (χ1) is 8.34. The molecule has 1 fully saturated rings. The molecule has 3 nitrogen and oxygen atoms in total. The minimum Gasteiger partial charge on any atom is -0.490 e. The van der Waals surface area contributed by atoms with Crippen LogP contribution in [-0.4, -0.2) is 24.4 Å². The standard InChI is InChI=1S/C14H18O3/c15-13-5-4-12-11(13)2-1-3-14(12)17-10-6-8-16-9-7-10/h1-3,10,13,15H,4-9H2. The molecule has 1 aliphatic carbocycles. The lowest BCUT2D eigenvalue weighted by atomic mass is 10.1. The molecule has 3 heteroatoms. The lowest BCUT2D eigenvalue weighted by Gasteiger charge is -2.24. The maximum absolute atomic E-state index is 9.84. The summed E-state index contributed by atoms with van der Waals surface area (Å²) in [7, 11) is 0. The lowest BCUT2D eigenvalue weighted by Crippen LogP contribution is -2.26. The normalized spacial score (nSPS) is 24.6. The number of aliphatic hydroxyl groups is 1. The summed E-state index contributed by atoms with van der Waals surface area (Å²) < 4.78 is 11.4. The van der Waals surface area contributed by atoms with E-state index >= 15 is 0 Å². The molecule has 0 bridgehead atoms. The van der Waals surface area contributed by atoms with Crippen LogP contribution in [0.3, 0.4) is 0 Å². The second-order valence-corrected chi connectivity index (χ2v) is 4.81. The predicted molar refractivity (Wildman–Crippen MR) is 64.2 cm³/mol. The molecule has 1 heterocycles. The van der Waals surface area contributed by atoms with Gasteiger partial charge in [-0.1, -0.05) is 12.1 Å². The van der Waals surface area contributed by atoms with Gasteiger partial charge >= 0.3 is 0 Å². The highest BCUT2D eigenvalue weighted by atomic mass is 16.5. The van der Waals surface area contributed by atoms with E-state index in [0.717, 1.165) is 50.2 Å². The average Bonchev–Trinajstić information content (AvgIpc) is 2.74. The van der Waals surface area contributed by atoms with Gasteiger partial charge in [-0.25, -0.2) is 0 Å². The Morgan fingerprint density at radius 2 is 2.00 bits per heavy atom. The number of rotatable bonds is 2. The fraction of sp³-hybridized carbons (Fsp3) is 0.571. The first-order valence-corrected chi connectivity index (χ1v) is 6.39. The molecule has 1 aliphatic heterocycles. The van der Waals surface area contributed by atoms with Gasteiger partial charge in [0.15, 0.2) is 0 Å². The summed E-state index contributed by atoms with van der Waals surface area (Å²) in [6.07, 6.45) is 3.65. The second-order valence-electron chi connectivity index (χ2n) is 4.81. The number of fused-ring (bicyclic) bond motifs is 1. The Balaban J connectivity index is 1.79. The smallest absolute Gasteiger partial charge is 0.123 e. The average molecular weight is 234 g/mol. The van der Waals surface area contributed by atoms with E-state index in [9.17, 15) is 5.11 Å². The zero-order chi connectivity index (χ0) is 11.7. The number of benzene rings is 1. The van der Waals surface area contributed by atoms with Gasteiger partial charge in [0.2, 0.25) is 0 Å². The van der Waals surface area contributed by atoms with Gasteiger partial charge in [0.05, 0.1) is 19.3 Å². The minimum absolute atomic E-state index is 0.271. The van der Waals surface area contributed by atoms with Crippen molar-refractivity contribution in [3.63, 3.8) is 0 Å². The van der Waals surface area contributed by atoms with Crippen LogP contribution in [0.4, 0.5) is 0 Å². The molecule has 1 saturated heterocycles. The third-order valence-corrected chi connectivity index (χ3v) is 3.66. The molecule has 0 saturated carbocycles. The Hall–Kier alpha value is -1.06. The van der Waals surface area contributed by atoms with E-state index in [0.29, 0.717) is 0 Å². The van der Waals surface area contributed by atoms with Gasteiger partial charge in [-0.3, -0.25) is 0 Å². The van der Waals surface area contributed by atoms with Crippen molar-refractivity contribution < 1.29 is 14.6 Å². The second kappa shape index (κ2) is 4.67. The summed E-state index contributed by atoms with van der Waals surface area (Å²) >= 11 is 0.